The third kappa shape index (κ3) is 2.61. The van der Waals surface area contributed by atoms with E-state index < -0.39 is 5.97 Å². The van der Waals surface area contributed by atoms with Gasteiger partial charge in [-0.25, -0.2) is 9.78 Å². The Morgan fingerprint density at radius 2 is 1.93 bits per heavy atom. The number of imidazole rings is 1. The number of hydrogen-bond donors (Lipinski definition) is 2. The largest absolute Gasteiger partial charge is 0.478 e. The number of nitrogens with zero attached hydrogens (tertiary/aromatic N) is 2. The highest BCUT2D eigenvalue weighted by Gasteiger charge is 2.27. The van der Waals surface area contributed by atoms with Gasteiger partial charge in [-0.2, -0.15) is 0 Å². The van der Waals surface area contributed by atoms with Gasteiger partial charge in [-0.15, -0.1) is 0 Å². The van der Waals surface area contributed by atoms with Crippen LogP contribution in [0.3, 0.4) is 0 Å². The van der Waals surface area contributed by atoms with E-state index in [4.69, 9.17) is 4.98 Å². The van der Waals surface area contributed by atoms with E-state index in [1.165, 1.54) is 37.7 Å². The van der Waals surface area contributed by atoms with Gasteiger partial charge in [-0.1, -0.05) is 37.5 Å². The maximum absolute atomic E-state index is 11.5. The van der Waals surface area contributed by atoms with Gasteiger partial charge in [0.1, 0.15) is 0 Å². The molecule has 142 valence electrons. The molecule has 0 spiro atoms. The lowest BCUT2D eigenvalue weighted by atomic mass is 9.82. The molecule has 1 aliphatic rings. The first-order valence-corrected chi connectivity index (χ1v) is 9.94. The minimum atomic E-state index is -0.896. The molecule has 0 bridgehead atoms. The molecule has 0 atom stereocenters. The number of aromatic nitrogens is 3. The molecular formula is C23H23N3O2. The van der Waals surface area contributed by atoms with Gasteiger partial charge in [-0.05, 0) is 48.6 Å². The van der Waals surface area contributed by atoms with Gasteiger partial charge in [-0.3, -0.25) is 0 Å². The van der Waals surface area contributed by atoms with Crippen molar-refractivity contribution in [3.05, 3.63) is 53.6 Å². The topological polar surface area (TPSA) is 70.9 Å². The van der Waals surface area contributed by atoms with Gasteiger partial charge in [0.05, 0.1) is 22.3 Å². The molecule has 2 aromatic heterocycles. The number of rotatable bonds is 3. The first-order valence-electron chi connectivity index (χ1n) is 9.94. The highest BCUT2D eigenvalue weighted by atomic mass is 16.4. The summed E-state index contributed by atoms with van der Waals surface area (Å²) in [4.78, 5) is 19.9. The smallest absolute Gasteiger partial charge is 0.335 e. The normalized spacial score (nSPS) is 15.5. The van der Waals surface area contributed by atoms with Crippen LogP contribution in [-0.4, -0.2) is 25.6 Å². The van der Waals surface area contributed by atoms with Crippen LogP contribution in [0, 0.1) is 0 Å². The summed E-state index contributed by atoms with van der Waals surface area (Å²) < 4.78 is 2.11. The number of aromatic amines is 1. The number of H-pyrrole nitrogens is 1. The molecular weight excluding hydrogens is 350 g/mol. The first kappa shape index (κ1) is 17.0. The van der Waals surface area contributed by atoms with Crippen LogP contribution in [0.15, 0.2) is 42.5 Å². The standard InChI is InChI=1S/C23H23N3O2/c1-26-19-13-15(23(27)28)11-12-16(19)20(14-7-3-2-4-8-14)21(26)22-24-17-9-5-6-10-18(17)25-22/h5-6,9-14H,2-4,7-8H2,1H3,(H,24,25)(H,27,28). The van der Waals surface area contributed by atoms with Crippen molar-refractivity contribution >= 4 is 27.9 Å². The minimum absolute atomic E-state index is 0.319. The molecule has 2 heterocycles. The van der Waals surface area contributed by atoms with Gasteiger partial charge in [0.15, 0.2) is 5.82 Å². The Bertz CT molecular complexity index is 1160. The molecule has 1 aliphatic carbocycles. The van der Waals surface area contributed by atoms with Crippen molar-refractivity contribution in [3.8, 4) is 11.5 Å². The van der Waals surface area contributed by atoms with Crippen LogP contribution in [-0.2, 0) is 7.05 Å². The van der Waals surface area contributed by atoms with Crippen LogP contribution in [0.4, 0.5) is 0 Å². The molecule has 4 aromatic rings. The van der Waals surface area contributed by atoms with Crippen LogP contribution < -0.4 is 0 Å². The summed E-state index contributed by atoms with van der Waals surface area (Å²) >= 11 is 0. The molecule has 5 nitrogen and oxygen atoms in total. The van der Waals surface area contributed by atoms with Crippen molar-refractivity contribution in [1.29, 1.82) is 0 Å². The monoisotopic (exact) mass is 373 g/mol. The van der Waals surface area contributed by atoms with Crippen LogP contribution >= 0.6 is 0 Å². The van der Waals surface area contributed by atoms with Crippen molar-refractivity contribution in [1.82, 2.24) is 14.5 Å². The zero-order valence-corrected chi connectivity index (χ0v) is 15.9. The Hall–Kier alpha value is -3.08. The van der Waals surface area contributed by atoms with Gasteiger partial charge in [0.2, 0.25) is 0 Å². The summed E-state index contributed by atoms with van der Waals surface area (Å²) in [5.74, 6) is 0.446. The third-order valence-corrected chi connectivity index (χ3v) is 6.11. The summed E-state index contributed by atoms with van der Waals surface area (Å²) in [7, 11) is 2.02. The summed E-state index contributed by atoms with van der Waals surface area (Å²) in [5, 5.41) is 10.6. The summed E-state index contributed by atoms with van der Waals surface area (Å²) in [6.07, 6.45) is 6.13. The molecule has 5 rings (SSSR count). The van der Waals surface area contributed by atoms with E-state index >= 15 is 0 Å². The summed E-state index contributed by atoms with van der Waals surface area (Å²) in [5.41, 5.74) is 5.64. The number of nitrogens with one attached hydrogen (secondary N) is 1. The lowest BCUT2D eigenvalue weighted by molar-refractivity contribution is 0.0697. The molecule has 0 radical (unpaired) electrons. The Morgan fingerprint density at radius 3 is 2.68 bits per heavy atom. The second kappa shape index (κ2) is 6.51. The molecule has 2 N–H and O–H groups in total. The fourth-order valence-electron chi connectivity index (χ4n) is 4.75. The average Bonchev–Trinajstić information content (AvgIpc) is 3.27. The van der Waals surface area contributed by atoms with E-state index in [-0.39, 0.29) is 0 Å². The van der Waals surface area contributed by atoms with Gasteiger partial charge >= 0.3 is 5.97 Å². The van der Waals surface area contributed by atoms with Gasteiger partial charge in [0, 0.05) is 18.0 Å². The molecule has 0 amide bonds. The van der Waals surface area contributed by atoms with Crippen molar-refractivity contribution in [2.45, 2.75) is 38.0 Å². The molecule has 0 saturated heterocycles. The van der Waals surface area contributed by atoms with Crippen LogP contribution in [0.25, 0.3) is 33.5 Å². The second-order valence-electron chi connectivity index (χ2n) is 7.80. The number of aryl methyl sites for hydroxylation is 1. The highest BCUT2D eigenvalue weighted by molar-refractivity contribution is 5.98. The van der Waals surface area contributed by atoms with Gasteiger partial charge < -0.3 is 14.7 Å². The summed E-state index contributed by atoms with van der Waals surface area (Å²) in [6, 6.07) is 13.5. The van der Waals surface area contributed by atoms with E-state index in [2.05, 4.69) is 9.55 Å². The predicted molar refractivity (Wildman–Crippen MR) is 111 cm³/mol. The van der Waals surface area contributed by atoms with Gasteiger partial charge in [0.25, 0.3) is 0 Å². The lowest BCUT2D eigenvalue weighted by Gasteiger charge is -2.22. The Balaban J connectivity index is 1.80. The molecule has 28 heavy (non-hydrogen) atoms. The number of fused-ring (bicyclic) bond motifs is 2. The SMILES string of the molecule is Cn1c(-c2nc3ccccc3[nH]2)c(C2CCCCC2)c2ccc(C(=O)O)cc21. The van der Waals surface area contributed by atoms with E-state index in [1.807, 2.05) is 37.4 Å². The van der Waals surface area contributed by atoms with Crippen molar-refractivity contribution in [2.75, 3.05) is 0 Å². The molecule has 0 aliphatic heterocycles. The van der Waals surface area contributed by atoms with E-state index in [0.29, 0.717) is 11.5 Å². The average molecular weight is 373 g/mol. The number of benzene rings is 2. The quantitative estimate of drug-likeness (QED) is 0.500. The molecule has 5 heteroatoms. The molecule has 1 fully saturated rings. The Kier molecular flexibility index (Phi) is 3.97. The number of carboxylic acids is 1. The van der Waals surface area contributed by atoms with Crippen LogP contribution in [0.2, 0.25) is 0 Å². The fraction of sp³-hybridized carbons (Fsp3) is 0.304. The zero-order valence-electron chi connectivity index (χ0n) is 15.9. The lowest BCUT2D eigenvalue weighted by Crippen LogP contribution is -2.06. The van der Waals surface area contributed by atoms with E-state index in [0.717, 1.165) is 33.5 Å². The van der Waals surface area contributed by atoms with E-state index in [9.17, 15) is 9.90 Å². The number of aromatic carboxylic acids is 1. The van der Waals surface area contributed by atoms with Crippen molar-refractivity contribution in [2.24, 2.45) is 7.05 Å². The number of carbonyl (C=O) groups is 1. The number of para-hydroxylation sites is 2. The minimum Gasteiger partial charge on any atom is -0.478 e. The van der Waals surface area contributed by atoms with Crippen molar-refractivity contribution < 1.29 is 9.90 Å². The van der Waals surface area contributed by atoms with Crippen LogP contribution in [0.1, 0.15) is 53.9 Å². The highest BCUT2D eigenvalue weighted by Crippen LogP contribution is 2.43. The number of hydrogen-bond acceptors (Lipinski definition) is 2. The third-order valence-electron chi connectivity index (χ3n) is 6.11. The maximum atomic E-state index is 11.5. The van der Waals surface area contributed by atoms with E-state index in [1.54, 1.807) is 12.1 Å². The second-order valence-corrected chi connectivity index (χ2v) is 7.80. The molecule has 2 aromatic carbocycles. The first-order chi connectivity index (χ1) is 13.6. The van der Waals surface area contributed by atoms with Crippen molar-refractivity contribution in [3.63, 3.8) is 0 Å². The molecule has 1 saturated carbocycles. The summed E-state index contributed by atoms with van der Waals surface area (Å²) in [6.45, 7) is 0. The number of carboxylic acid groups (broad SMARTS) is 1. The van der Waals surface area contributed by atoms with Crippen LogP contribution in [0.5, 0.6) is 0 Å². The predicted octanol–water partition coefficient (Wildman–Crippen LogP) is 5.47. The molecule has 0 unspecified atom stereocenters. The Morgan fingerprint density at radius 1 is 1.14 bits per heavy atom. The fourth-order valence-corrected chi connectivity index (χ4v) is 4.75. The Labute approximate surface area is 163 Å². The maximum Gasteiger partial charge on any atom is 0.335 e. The zero-order chi connectivity index (χ0) is 19.3.